The van der Waals surface area contributed by atoms with E-state index in [4.69, 9.17) is 5.26 Å². The fraction of sp³-hybridized carbons (Fsp3) is 0.333. The average molecular weight is 347 g/mol. The summed E-state index contributed by atoms with van der Waals surface area (Å²) in [6.45, 7) is 1.07. The molecule has 4 nitrogen and oxygen atoms in total. The molecule has 0 unspecified atom stereocenters. The summed E-state index contributed by atoms with van der Waals surface area (Å²) in [6, 6.07) is 8.74. The van der Waals surface area contributed by atoms with E-state index < -0.39 is 11.7 Å². The van der Waals surface area contributed by atoms with E-state index in [-0.39, 0.29) is 11.8 Å². The van der Waals surface area contributed by atoms with Crippen molar-refractivity contribution in [3.63, 3.8) is 0 Å². The van der Waals surface area contributed by atoms with E-state index >= 15 is 0 Å². The molecule has 2 heterocycles. The van der Waals surface area contributed by atoms with E-state index in [0.717, 1.165) is 17.7 Å². The van der Waals surface area contributed by atoms with Gasteiger partial charge in [0, 0.05) is 19.3 Å². The molecule has 1 N–H and O–H groups in total. The number of nitrogens with zero attached hydrogens (tertiary/aromatic N) is 2. The molecule has 0 radical (unpaired) electrons. The molecule has 1 saturated heterocycles. The Labute approximate surface area is 142 Å². The van der Waals surface area contributed by atoms with Gasteiger partial charge in [-0.25, -0.2) is 0 Å². The number of amides is 1. The van der Waals surface area contributed by atoms with Crippen LogP contribution >= 0.6 is 0 Å². The van der Waals surface area contributed by atoms with Crippen LogP contribution in [0.25, 0.3) is 0 Å². The molecular formula is C18H16F3N3O. The van der Waals surface area contributed by atoms with Crippen LogP contribution in [0, 0.1) is 11.3 Å². The van der Waals surface area contributed by atoms with Crippen molar-refractivity contribution in [2.24, 2.45) is 0 Å². The fourth-order valence-electron chi connectivity index (χ4n) is 3.11. The van der Waals surface area contributed by atoms with Gasteiger partial charge in [0.25, 0.3) is 5.91 Å². The summed E-state index contributed by atoms with van der Waals surface area (Å²) in [6.07, 6.45) is -1.44. The predicted octanol–water partition coefficient (Wildman–Crippen LogP) is 3.92. The maximum absolute atomic E-state index is 12.6. The number of nitriles is 1. The largest absolute Gasteiger partial charge is 0.416 e. The van der Waals surface area contributed by atoms with Crippen LogP contribution in [0.5, 0.6) is 0 Å². The van der Waals surface area contributed by atoms with Gasteiger partial charge in [0.15, 0.2) is 0 Å². The van der Waals surface area contributed by atoms with Crippen LogP contribution in [0.15, 0.2) is 36.5 Å². The summed E-state index contributed by atoms with van der Waals surface area (Å²) in [5.74, 6) is -0.0167. The third-order valence-corrected chi connectivity index (χ3v) is 4.53. The standard InChI is InChI=1S/C18H16F3N3O/c19-18(20,21)15-3-1-13(2-4-15)14-5-7-24(8-6-14)17(25)16-9-12(10-22)11-23-16/h1-4,9,11,14,23H,5-8H2. The molecule has 2 aromatic rings. The third-order valence-electron chi connectivity index (χ3n) is 4.53. The first-order valence-corrected chi connectivity index (χ1v) is 7.93. The Balaban J connectivity index is 1.62. The molecule has 3 rings (SSSR count). The number of nitrogens with one attached hydrogen (secondary N) is 1. The zero-order valence-electron chi connectivity index (χ0n) is 13.3. The minimum atomic E-state index is -4.33. The normalized spacial score (nSPS) is 15.8. The molecule has 0 atom stereocenters. The van der Waals surface area contributed by atoms with Crippen molar-refractivity contribution in [1.29, 1.82) is 5.26 Å². The average Bonchev–Trinajstić information content (AvgIpc) is 3.10. The summed E-state index contributed by atoms with van der Waals surface area (Å²) in [5, 5.41) is 8.81. The van der Waals surface area contributed by atoms with Crippen molar-refractivity contribution < 1.29 is 18.0 Å². The molecular weight excluding hydrogens is 331 g/mol. The Morgan fingerprint density at radius 1 is 1.20 bits per heavy atom. The number of likely N-dealkylation sites (tertiary alicyclic amines) is 1. The van der Waals surface area contributed by atoms with Gasteiger partial charge in [0.1, 0.15) is 11.8 Å². The first-order chi connectivity index (χ1) is 11.9. The Morgan fingerprint density at radius 2 is 1.84 bits per heavy atom. The van der Waals surface area contributed by atoms with Crippen molar-refractivity contribution >= 4 is 5.91 Å². The maximum atomic E-state index is 12.6. The number of carbonyl (C=O) groups is 1. The van der Waals surface area contributed by atoms with E-state index in [1.165, 1.54) is 24.4 Å². The van der Waals surface area contributed by atoms with E-state index in [9.17, 15) is 18.0 Å². The quantitative estimate of drug-likeness (QED) is 0.895. The number of aromatic amines is 1. The third kappa shape index (κ3) is 3.68. The van der Waals surface area contributed by atoms with Gasteiger partial charge in [-0.1, -0.05) is 12.1 Å². The fourth-order valence-corrected chi connectivity index (χ4v) is 3.11. The minimum Gasteiger partial charge on any atom is -0.356 e. The van der Waals surface area contributed by atoms with Crippen LogP contribution in [-0.4, -0.2) is 28.9 Å². The molecule has 7 heteroatoms. The van der Waals surface area contributed by atoms with Crippen LogP contribution in [0.3, 0.4) is 0 Å². The summed E-state index contributed by atoms with van der Waals surface area (Å²) in [7, 11) is 0. The summed E-state index contributed by atoms with van der Waals surface area (Å²) in [5.41, 5.74) is 1.00. The summed E-state index contributed by atoms with van der Waals surface area (Å²) in [4.78, 5) is 16.9. The Bertz CT molecular complexity index is 794. The molecule has 1 amide bonds. The van der Waals surface area contributed by atoms with Crippen molar-refractivity contribution in [2.75, 3.05) is 13.1 Å². The molecule has 1 fully saturated rings. The Morgan fingerprint density at radius 3 is 2.36 bits per heavy atom. The van der Waals surface area contributed by atoms with Gasteiger partial charge in [-0.15, -0.1) is 0 Å². The van der Waals surface area contributed by atoms with Gasteiger partial charge in [-0.05, 0) is 42.5 Å². The monoisotopic (exact) mass is 347 g/mol. The van der Waals surface area contributed by atoms with Crippen molar-refractivity contribution in [1.82, 2.24) is 9.88 Å². The lowest BCUT2D eigenvalue weighted by Crippen LogP contribution is -2.38. The van der Waals surface area contributed by atoms with Crippen LogP contribution in [0.1, 0.15) is 45.9 Å². The molecule has 130 valence electrons. The predicted molar refractivity (Wildman–Crippen MR) is 84.8 cm³/mol. The number of alkyl halides is 3. The second-order valence-electron chi connectivity index (χ2n) is 6.10. The SMILES string of the molecule is N#Cc1c[nH]c(C(=O)N2CCC(c3ccc(C(F)(F)F)cc3)CC2)c1. The first kappa shape index (κ1) is 17.1. The van der Waals surface area contributed by atoms with Gasteiger partial charge >= 0.3 is 6.18 Å². The topological polar surface area (TPSA) is 59.9 Å². The highest BCUT2D eigenvalue weighted by molar-refractivity contribution is 5.93. The van der Waals surface area contributed by atoms with Crippen LogP contribution in [0.4, 0.5) is 13.2 Å². The maximum Gasteiger partial charge on any atom is 0.416 e. The first-order valence-electron chi connectivity index (χ1n) is 7.93. The molecule has 1 aromatic heterocycles. The van der Waals surface area contributed by atoms with Crippen LogP contribution in [0.2, 0.25) is 0 Å². The molecule has 1 aliphatic heterocycles. The van der Waals surface area contributed by atoms with Crippen molar-refractivity contribution in [2.45, 2.75) is 24.9 Å². The second kappa shape index (κ2) is 6.63. The van der Waals surface area contributed by atoms with E-state index in [2.05, 4.69) is 4.98 Å². The molecule has 0 spiro atoms. The molecule has 0 aliphatic carbocycles. The lowest BCUT2D eigenvalue weighted by molar-refractivity contribution is -0.137. The number of hydrogen-bond acceptors (Lipinski definition) is 2. The number of hydrogen-bond donors (Lipinski definition) is 1. The lowest BCUT2D eigenvalue weighted by Gasteiger charge is -2.32. The van der Waals surface area contributed by atoms with Crippen molar-refractivity contribution in [3.8, 4) is 6.07 Å². The van der Waals surface area contributed by atoms with E-state index in [0.29, 0.717) is 37.2 Å². The number of carbonyl (C=O) groups excluding carboxylic acids is 1. The van der Waals surface area contributed by atoms with Gasteiger partial charge in [0.05, 0.1) is 11.1 Å². The van der Waals surface area contributed by atoms with Gasteiger partial charge < -0.3 is 9.88 Å². The minimum absolute atomic E-state index is 0.143. The number of benzene rings is 1. The molecule has 25 heavy (non-hydrogen) atoms. The molecule has 1 aliphatic rings. The highest BCUT2D eigenvalue weighted by Gasteiger charge is 2.31. The number of H-pyrrole nitrogens is 1. The van der Waals surface area contributed by atoms with Gasteiger partial charge in [-0.3, -0.25) is 4.79 Å². The van der Waals surface area contributed by atoms with Crippen molar-refractivity contribution in [3.05, 3.63) is 58.9 Å². The summed E-state index contributed by atoms with van der Waals surface area (Å²) < 4.78 is 37.9. The molecule has 0 bridgehead atoms. The second-order valence-corrected chi connectivity index (χ2v) is 6.10. The number of rotatable bonds is 2. The number of aromatic nitrogens is 1. The van der Waals surface area contributed by atoms with Gasteiger partial charge in [0.2, 0.25) is 0 Å². The number of piperidine rings is 1. The molecule has 1 aromatic carbocycles. The van der Waals surface area contributed by atoms with Crippen LogP contribution in [-0.2, 0) is 6.18 Å². The summed E-state index contributed by atoms with van der Waals surface area (Å²) >= 11 is 0. The zero-order chi connectivity index (χ0) is 18.0. The van der Waals surface area contributed by atoms with Gasteiger partial charge in [-0.2, -0.15) is 18.4 Å². The highest BCUT2D eigenvalue weighted by atomic mass is 19.4. The Kier molecular flexibility index (Phi) is 4.53. The van der Waals surface area contributed by atoms with Crippen LogP contribution < -0.4 is 0 Å². The van der Waals surface area contributed by atoms with E-state index in [1.54, 1.807) is 4.90 Å². The Hall–Kier alpha value is -2.75. The smallest absolute Gasteiger partial charge is 0.356 e. The highest BCUT2D eigenvalue weighted by Crippen LogP contribution is 2.33. The lowest BCUT2D eigenvalue weighted by atomic mass is 9.89. The number of halogens is 3. The molecule has 0 saturated carbocycles. The zero-order valence-corrected chi connectivity index (χ0v) is 13.3. The van der Waals surface area contributed by atoms with E-state index in [1.807, 2.05) is 6.07 Å².